The molecule has 22 heavy (non-hydrogen) atoms. The maximum absolute atomic E-state index is 12.1. The van der Waals surface area contributed by atoms with E-state index in [1.54, 1.807) is 22.2 Å². The summed E-state index contributed by atoms with van der Waals surface area (Å²) in [5.74, 6) is 0.753. The quantitative estimate of drug-likeness (QED) is 0.756. The summed E-state index contributed by atoms with van der Waals surface area (Å²) in [5.41, 5.74) is 1.15. The van der Waals surface area contributed by atoms with E-state index < -0.39 is 0 Å². The van der Waals surface area contributed by atoms with Crippen LogP contribution in [0.2, 0.25) is 0 Å². The summed E-state index contributed by atoms with van der Waals surface area (Å²) in [6, 6.07) is 16.0. The molecule has 0 saturated heterocycles. The molecule has 0 spiro atoms. The fourth-order valence-corrected chi connectivity index (χ4v) is 2.93. The minimum atomic E-state index is 0.0169. The SMILES string of the molecule is O=C(CCc1cccs1)Nc1ccnn1Cc1ccccc1. The first-order valence-corrected chi connectivity index (χ1v) is 8.07. The largest absolute Gasteiger partial charge is 0.311 e. The molecular formula is C17H17N3OS. The molecule has 1 N–H and O–H groups in total. The lowest BCUT2D eigenvalue weighted by Crippen LogP contribution is -2.16. The fourth-order valence-electron chi connectivity index (χ4n) is 2.22. The molecule has 0 aliphatic rings. The topological polar surface area (TPSA) is 46.9 Å². The van der Waals surface area contributed by atoms with Gasteiger partial charge in [0, 0.05) is 17.4 Å². The van der Waals surface area contributed by atoms with Crippen LogP contribution in [0, 0.1) is 0 Å². The number of nitrogens with zero attached hydrogens (tertiary/aromatic N) is 2. The van der Waals surface area contributed by atoms with Crippen molar-refractivity contribution in [3.63, 3.8) is 0 Å². The molecule has 0 unspecified atom stereocenters. The highest BCUT2D eigenvalue weighted by molar-refractivity contribution is 7.09. The molecule has 5 heteroatoms. The average Bonchev–Trinajstić information content (AvgIpc) is 3.19. The molecule has 3 rings (SSSR count). The molecule has 0 bridgehead atoms. The average molecular weight is 311 g/mol. The minimum absolute atomic E-state index is 0.0169. The maximum Gasteiger partial charge on any atom is 0.225 e. The zero-order chi connectivity index (χ0) is 15.2. The van der Waals surface area contributed by atoms with Crippen molar-refractivity contribution in [1.82, 2.24) is 9.78 Å². The van der Waals surface area contributed by atoms with E-state index in [4.69, 9.17) is 0 Å². The maximum atomic E-state index is 12.1. The van der Waals surface area contributed by atoms with Crippen molar-refractivity contribution in [1.29, 1.82) is 0 Å². The van der Waals surface area contributed by atoms with Gasteiger partial charge >= 0.3 is 0 Å². The van der Waals surface area contributed by atoms with Gasteiger partial charge in [0.05, 0.1) is 12.7 Å². The first-order chi connectivity index (χ1) is 10.8. The van der Waals surface area contributed by atoms with Crippen LogP contribution in [0.1, 0.15) is 16.9 Å². The van der Waals surface area contributed by atoms with Crippen molar-refractivity contribution >= 4 is 23.1 Å². The summed E-state index contributed by atoms with van der Waals surface area (Å²) < 4.78 is 1.80. The van der Waals surface area contributed by atoms with Crippen LogP contribution in [-0.2, 0) is 17.8 Å². The van der Waals surface area contributed by atoms with Crippen LogP contribution in [0.25, 0.3) is 0 Å². The van der Waals surface area contributed by atoms with Gasteiger partial charge in [0.2, 0.25) is 5.91 Å². The first kappa shape index (κ1) is 14.5. The Morgan fingerprint density at radius 2 is 2.00 bits per heavy atom. The number of carbonyl (C=O) groups excluding carboxylic acids is 1. The van der Waals surface area contributed by atoms with Crippen LogP contribution in [0.3, 0.4) is 0 Å². The summed E-state index contributed by atoms with van der Waals surface area (Å²) in [6.45, 7) is 0.647. The lowest BCUT2D eigenvalue weighted by molar-refractivity contribution is -0.116. The third-order valence-electron chi connectivity index (χ3n) is 3.34. The van der Waals surface area contributed by atoms with Crippen molar-refractivity contribution < 1.29 is 4.79 Å². The summed E-state index contributed by atoms with van der Waals surface area (Å²) in [5, 5.41) is 9.25. The highest BCUT2D eigenvalue weighted by Crippen LogP contribution is 2.13. The molecule has 0 aliphatic heterocycles. The second kappa shape index (κ2) is 7.04. The van der Waals surface area contributed by atoms with Gasteiger partial charge in [-0.05, 0) is 23.4 Å². The third-order valence-corrected chi connectivity index (χ3v) is 4.27. The standard InChI is InChI=1S/C17H17N3OS/c21-17(9-8-15-7-4-12-22-15)19-16-10-11-18-20(16)13-14-5-2-1-3-6-14/h1-7,10-12H,8-9,13H2,(H,19,21). The number of carbonyl (C=O) groups is 1. The van der Waals surface area contributed by atoms with E-state index in [2.05, 4.69) is 16.5 Å². The summed E-state index contributed by atoms with van der Waals surface area (Å²) >= 11 is 1.68. The lowest BCUT2D eigenvalue weighted by Gasteiger charge is -2.09. The van der Waals surface area contributed by atoms with Crippen LogP contribution in [0.5, 0.6) is 0 Å². The molecule has 3 aromatic rings. The van der Waals surface area contributed by atoms with Crippen LogP contribution in [0.15, 0.2) is 60.1 Å². The van der Waals surface area contributed by atoms with Gasteiger partial charge in [0.25, 0.3) is 0 Å². The molecule has 0 aliphatic carbocycles. The number of amides is 1. The summed E-state index contributed by atoms with van der Waals surface area (Å²) in [6.07, 6.45) is 2.96. The minimum Gasteiger partial charge on any atom is -0.311 e. The van der Waals surface area contributed by atoms with E-state index in [-0.39, 0.29) is 5.91 Å². The van der Waals surface area contributed by atoms with Crippen molar-refractivity contribution in [2.75, 3.05) is 5.32 Å². The highest BCUT2D eigenvalue weighted by atomic mass is 32.1. The fraction of sp³-hybridized carbons (Fsp3) is 0.176. The van der Waals surface area contributed by atoms with Crippen molar-refractivity contribution in [2.45, 2.75) is 19.4 Å². The predicted molar refractivity (Wildman–Crippen MR) is 89.0 cm³/mol. The summed E-state index contributed by atoms with van der Waals surface area (Å²) in [4.78, 5) is 13.3. The van der Waals surface area contributed by atoms with Crippen LogP contribution in [0.4, 0.5) is 5.82 Å². The number of nitrogens with one attached hydrogen (secondary N) is 1. The van der Waals surface area contributed by atoms with Gasteiger partial charge in [0.1, 0.15) is 5.82 Å². The van der Waals surface area contributed by atoms with Crippen molar-refractivity contribution in [3.05, 3.63) is 70.5 Å². The van der Waals surface area contributed by atoms with Crippen LogP contribution in [-0.4, -0.2) is 15.7 Å². The van der Waals surface area contributed by atoms with Gasteiger partial charge in [-0.2, -0.15) is 5.10 Å². The number of aryl methyl sites for hydroxylation is 1. The van der Waals surface area contributed by atoms with Gasteiger partial charge in [0.15, 0.2) is 0 Å². The highest BCUT2D eigenvalue weighted by Gasteiger charge is 2.08. The second-order valence-corrected chi connectivity index (χ2v) is 6.02. The Kier molecular flexibility index (Phi) is 4.65. The van der Waals surface area contributed by atoms with E-state index in [1.165, 1.54) is 4.88 Å². The number of hydrogen-bond acceptors (Lipinski definition) is 3. The Labute approximate surface area is 133 Å². The van der Waals surface area contributed by atoms with E-state index >= 15 is 0 Å². The van der Waals surface area contributed by atoms with Crippen LogP contribution >= 0.6 is 11.3 Å². The zero-order valence-corrected chi connectivity index (χ0v) is 12.9. The lowest BCUT2D eigenvalue weighted by atomic mass is 10.2. The summed E-state index contributed by atoms with van der Waals surface area (Å²) in [7, 11) is 0. The predicted octanol–water partition coefficient (Wildman–Crippen LogP) is 3.56. The van der Waals surface area contributed by atoms with E-state index in [0.29, 0.717) is 13.0 Å². The van der Waals surface area contributed by atoms with Crippen molar-refractivity contribution in [2.24, 2.45) is 0 Å². The van der Waals surface area contributed by atoms with E-state index in [9.17, 15) is 4.79 Å². The molecule has 112 valence electrons. The van der Waals surface area contributed by atoms with Gasteiger partial charge in [-0.3, -0.25) is 4.79 Å². The Balaban J connectivity index is 1.58. The molecule has 2 aromatic heterocycles. The number of aromatic nitrogens is 2. The second-order valence-electron chi connectivity index (χ2n) is 4.99. The number of rotatable bonds is 6. The molecular weight excluding hydrogens is 294 g/mol. The Bertz CT molecular complexity index is 719. The molecule has 0 saturated carbocycles. The number of benzene rings is 1. The van der Waals surface area contributed by atoms with Crippen LogP contribution < -0.4 is 5.32 Å². The molecule has 1 amide bonds. The van der Waals surface area contributed by atoms with Gasteiger partial charge < -0.3 is 5.32 Å². The van der Waals surface area contributed by atoms with E-state index in [0.717, 1.165) is 17.8 Å². The van der Waals surface area contributed by atoms with Gasteiger partial charge in [-0.15, -0.1) is 11.3 Å². The zero-order valence-electron chi connectivity index (χ0n) is 12.1. The smallest absolute Gasteiger partial charge is 0.225 e. The Hall–Kier alpha value is -2.40. The molecule has 0 radical (unpaired) electrons. The molecule has 2 heterocycles. The molecule has 0 atom stereocenters. The molecule has 1 aromatic carbocycles. The van der Waals surface area contributed by atoms with E-state index in [1.807, 2.05) is 47.8 Å². The number of hydrogen-bond donors (Lipinski definition) is 1. The Morgan fingerprint density at radius 3 is 2.77 bits per heavy atom. The molecule has 4 nitrogen and oxygen atoms in total. The number of anilines is 1. The normalized spacial score (nSPS) is 10.5. The number of thiophene rings is 1. The van der Waals surface area contributed by atoms with Gasteiger partial charge in [-0.1, -0.05) is 36.4 Å². The Morgan fingerprint density at radius 1 is 1.14 bits per heavy atom. The monoisotopic (exact) mass is 311 g/mol. The molecule has 0 fully saturated rings. The third kappa shape index (κ3) is 3.83. The van der Waals surface area contributed by atoms with Gasteiger partial charge in [-0.25, -0.2) is 4.68 Å². The first-order valence-electron chi connectivity index (χ1n) is 7.19. The van der Waals surface area contributed by atoms with Crippen molar-refractivity contribution in [3.8, 4) is 0 Å².